The van der Waals surface area contributed by atoms with Gasteiger partial charge >= 0.3 is 5.97 Å². The van der Waals surface area contributed by atoms with Gasteiger partial charge in [-0.2, -0.15) is 0 Å². The van der Waals surface area contributed by atoms with Gasteiger partial charge in [-0.05, 0) is 25.1 Å². The average molecular weight is 380 g/mol. The molecular weight excluding hydrogens is 365 g/mol. The normalized spacial score (nSPS) is 11.5. The molecule has 0 aliphatic rings. The lowest BCUT2D eigenvalue weighted by Gasteiger charge is -2.13. The molecule has 0 saturated carbocycles. The second-order valence-corrected chi connectivity index (χ2v) is 6.01. The van der Waals surface area contributed by atoms with Crippen molar-refractivity contribution in [1.29, 1.82) is 0 Å². The van der Waals surface area contributed by atoms with Crippen molar-refractivity contribution in [2.45, 2.75) is 13.0 Å². The summed E-state index contributed by atoms with van der Waals surface area (Å²) >= 11 is 11.7. The number of carbonyl (C=O) groups excluding carboxylic acids is 3. The maximum Gasteiger partial charge on any atom is 0.326 e. The molecular formula is C18H15Cl2NO4. The van der Waals surface area contributed by atoms with E-state index in [1.54, 1.807) is 30.3 Å². The predicted octanol–water partition coefficient (Wildman–Crippen LogP) is 3.54. The Hall–Kier alpha value is -2.37. The van der Waals surface area contributed by atoms with Crippen LogP contribution in [0, 0.1) is 0 Å². The zero-order valence-corrected chi connectivity index (χ0v) is 14.8. The van der Waals surface area contributed by atoms with Crippen molar-refractivity contribution in [3.8, 4) is 0 Å². The summed E-state index contributed by atoms with van der Waals surface area (Å²) in [4.78, 5) is 36.0. The second-order valence-electron chi connectivity index (χ2n) is 5.17. The Morgan fingerprint density at radius 2 is 1.76 bits per heavy atom. The molecule has 2 rings (SSSR count). The molecule has 130 valence electrons. The van der Waals surface area contributed by atoms with Gasteiger partial charge in [0.1, 0.15) is 6.54 Å². The summed E-state index contributed by atoms with van der Waals surface area (Å²) in [5.41, 5.74) is 0.632. The maximum atomic E-state index is 12.1. The van der Waals surface area contributed by atoms with Crippen molar-refractivity contribution >= 4 is 40.9 Å². The number of nitrogens with one attached hydrogen (secondary N) is 1. The molecule has 0 radical (unpaired) electrons. The highest BCUT2D eigenvalue weighted by Crippen LogP contribution is 2.20. The van der Waals surface area contributed by atoms with Crippen molar-refractivity contribution in [2.75, 3.05) is 6.54 Å². The molecule has 25 heavy (non-hydrogen) atoms. The molecule has 1 atom stereocenters. The Bertz CT molecular complexity index is 793. The highest BCUT2D eigenvalue weighted by atomic mass is 35.5. The smallest absolute Gasteiger partial charge is 0.326 e. The van der Waals surface area contributed by atoms with Crippen molar-refractivity contribution in [3.63, 3.8) is 0 Å². The van der Waals surface area contributed by atoms with Crippen LogP contribution in [0.5, 0.6) is 0 Å². The number of esters is 1. The minimum Gasteiger partial charge on any atom is -0.453 e. The monoisotopic (exact) mass is 379 g/mol. The summed E-state index contributed by atoms with van der Waals surface area (Å²) in [5, 5.41) is 2.96. The number of carbonyl (C=O) groups is 3. The molecule has 7 heteroatoms. The van der Waals surface area contributed by atoms with Crippen molar-refractivity contribution in [1.82, 2.24) is 5.32 Å². The summed E-state index contributed by atoms with van der Waals surface area (Å²) in [6, 6.07) is 12.9. The zero-order valence-electron chi connectivity index (χ0n) is 13.3. The Balaban J connectivity index is 1.88. The van der Waals surface area contributed by atoms with Crippen LogP contribution < -0.4 is 5.32 Å². The Kier molecular flexibility index (Phi) is 6.56. The largest absolute Gasteiger partial charge is 0.453 e. The van der Waals surface area contributed by atoms with Gasteiger partial charge in [-0.25, -0.2) is 0 Å². The molecule has 1 amide bonds. The number of halogens is 2. The lowest BCUT2D eigenvalue weighted by molar-refractivity contribution is -0.145. The van der Waals surface area contributed by atoms with Crippen molar-refractivity contribution in [3.05, 3.63) is 69.7 Å². The van der Waals surface area contributed by atoms with E-state index in [-0.39, 0.29) is 22.9 Å². The number of benzene rings is 2. The van der Waals surface area contributed by atoms with Crippen LogP contribution in [0.15, 0.2) is 48.5 Å². The molecule has 2 aromatic rings. The third kappa shape index (κ3) is 5.31. The number of rotatable bonds is 6. The molecule has 0 fully saturated rings. The molecule has 0 unspecified atom stereocenters. The highest BCUT2D eigenvalue weighted by Gasteiger charge is 2.20. The SMILES string of the molecule is C[C@H](OC(=O)CNC(=O)c1ccc(Cl)cc1Cl)C(=O)c1ccccc1. The first-order chi connectivity index (χ1) is 11.9. The Morgan fingerprint density at radius 3 is 2.40 bits per heavy atom. The summed E-state index contributed by atoms with van der Waals surface area (Å²) in [7, 11) is 0. The number of amides is 1. The van der Waals surface area contributed by atoms with Crippen LogP contribution in [0.25, 0.3) is 0 Å². The van der Waals surface area contributed by atoms with Gasteiger partial charge < -0.3 is 10.1 Å². The molecule has 0 aliphatic heterocycles. The number of hydrogen-bond donors (Lipinski definition) is 1. The van der Waals surface area contributed by atoms with Gasteiger partial charge in [0.25, 0.3) is 5.91 Å². The average Bonchev–Trinajstić information content (AvgIpc) is 2.59. The zero-order chi connectivity index (χ0) is 18.4. The predicted molar refractivity (Wildman–Crippen MR) is 95.1 cm³/mol. The standard InChI is InChI=1S/C18H15Cl2NO4/c1-11(17(23)12-5-3-2-4-6-12)25-16(22)10-21-18(24)14-8-7-13(19)9-15(14)20/h2-9,11H,10H2,1H3,(H,21,24)/t11-/m0/s1. The van der Waals surface area contributed by atoms with Crippen LogP contribution in [0.1, 0.15) is 27.6 Å². The maximum absolute atomic E-state index is 12.1. The molecule has 0 aromatic heterocycles. The molecule has 5 nitrogen and oxygen atoms in total. The summed E-state index contributed by atoms with van der Waals surface area (Å²) in [5.74, 6) is -1.59. The van der Waals surface area contributed by atoms with E-state index >= 15 is 0 Å². The number of ether oxygens (including phenoxy) is 1. The molecule has 0 aliphatic carbocycles. The molecule has 0 spiro atoms. The summed E-state index contributed by atoms with van der Waals surface area (Å²) < 4.78 is 5.04. The van der Waals surface area contributed by atoms with E-state index in [9.17, 15) is 14.4 Å². The fourth-order valence-corrected chi connectivity index (χ4v) is 2.55. The molecule has 0 bridgehead atoms. The van der Waals surface area contributed by atoms with Crippen LogP contribution in [0.4, 0.5) is 0 Å². The van der Waals surface area contributed by atoms with Crippen LogP contribution in [-0.2, 0) is 9.53 Å². The molecule has 2 aromatic carbocycles. The number of ketones is 1. The molecule has 0 saturated heterocycles. The minimum absolute atomic E-state index is 0.172. The van der Waals surface area contributed by atoms with Gasteiger partial charge in [0.05, 0.1) is 10.6 Å². The first kappa shape index (κ1) is 19.0. The van der Waals surface area contributed by atoms with E-state index in [1.807, 2.05) is 0 Å². The van der Waals surface area contributed by atoms with Crippen LogP contribution in [0.3, 0.4) is 0 Å². The van der Waals surface area contributed by atoms with E-state index < -0.39 is 18.0 Å². The van der Waals surface area contributed by atoms with Gasteiger partial charge in [0, 0.05) is 10.6 Å². The Labute approximate surface area is 154 Å². The van der Waals surface area contributed by atoms with Gasteiger partial charge in [0.15, 0.2) is 6.10 Å². The second kappa shape index (κ2) is 8.65. The lowest BCUT2D eigenvalue weighted by atomic mass is 10.1. The highest BCUT2D eigenvalue weighted by molar-refractivity contribution is 6.36. The van der Waals surface area contributed by atoms with Gasteiger partial charge in [0.2, 0.25) is 5.78 Å². The van der Waals surface area contributed by atoms with E-state index in [0.717, 1.165) is 0 Å². The first-order valence-corrected chi connectivity index (χ1v) is 8.16. The molecule has 0 heterocycles. The number of Topliss-reactive ketones (excluding diaryl/α,β-unsaturated/α-hetero) is 1. The van der Waals surface area contributed by atoms with Crippen LogP contribution >= 0.6 is 23.2 Å². The summed E-state index contributed by atoms with van der Waals surface area (Å²) in [6.07, 6.45) is -0.953. The van der Waals surface area contributed by atoms with E-state index in [4.69, 9.17) is 27.9 Å². The topological polar surface area (TPSA) is 72.5 Å². The van der Waals surface area contributed by atoms with Crippen molar-refractivity contribution in [2.24, 2.45) is 0 Å². The first-order valence-electron chi connectivity index (χ1n) is 7.40. The van der Waals surface area contributed by atoms with Gasteiger partial charge in [-0.3, -0.25) is 14.4 Å². The van der Waals surface area contributed by atoms with E-state index in [0.29, 0.717) is 10.6 Å². The number of hydrogen-bond acceptors (Lipinski definition) is 4. The Morgan fingerprint density at radius 1 is 1.08 bits per heavy atom. The fourth-order valence-electron chi connectivity index (χ4n) is 2.05. The van der Waals surface area contributed by atoms with Crippen molar-refractivity contribution < 1.29 is 19.1 Å². The minimum atomic E-state index is -0.953. The third-order valence-electron chi connectivity index (χ3n) is 3.30. The van der Waals surface area contributed by atoms with Gasteiger partial charge in [-0.15, -0.1) is 0 Å². The quantitative estimate of drug-likeness (QED) is 0.615. The van der Waals surface area contributed by atoms with E-state index in [2.05, 4.69) is 5.32 Å². The molecule has 1 N–H and O–H groups in total. The fraction of sp³-hybridized carbons (Fsp3) is 0.167. The summed E-state index contributed by atoms with van der Waals surface area (Å²) in [6.45, 7) is 1.09. The van der Waals surface area contributed by atoms with E-state index in [1.165, 1.54) is 25.1 Å². The van der Waals surface area contributed by atoms with Gasteiger partial charge in [-0.1, -0.05) is 53.5 Å². The van der Waals surface area contributed by atoms with Crippen LogP contribution in [0.2, 0.25) is 10.0 Å². The van der Waals surface area contributed by atoms with Crippen LogP contribution in [-0.4, -0.2) is 30.3 Å². The lowest BCUT2D eigenvalue weighted by Crippen LogP contribution is -2.34. The third-order valence-corrected chi connectivity index (χ3v) is 3.85.